The Bertz CT molecular complexity index is 1260. The fourth-order valence-electron chi connectivity index (χ4n) is 7.22. The topological polar surface area (TPSA) is 102 Å². The van der Waals surface area contributed by atoms with Gasteiger partial charge in [0.05, 0.1) is 40.3 Å². The quantitative estimate of drug-likeness (QED) is 0.0260. The lowest BCUT2D eigenvalue weighted by Crippen LogP contribution is -2.55. The predicted molar refractivity (Wildman–Crippen MR) is 263 cm³/mol. The predicted octanol–water partition coefficient (Wildman–Crippen LogP) is 13.4. The van der Waals surface area contributed by atoms with Gasteiger partial charge in [0.1, 0.15) is 12.6 Å². The van der Waals surface area contributed by atoms with Crippen molar-refractivity contribution in [2.75, 3.05) is 41.0 Å². The first kappa shape index (κ1) is 59.8. The van der Waals surface area contributed by atoms with Crippen molar-refractivity contribution in [3.8, 4) is 0 Å². The third-order valence-corrected chi connectivity index (χ3v) is 11.1. The first-order valence-corrected chi connectivity index (χ1v) is 25.5. The van der Waals surface area contributed by atoms with Crippen LogP contribution in [0.1, 0.15) is 206 Å². The van der Waals surface area contributed by atoms with Gasteiger partial charge in [0.25, 0.3) is 0 Å². The van der Waals surface area contributed by atoms with Crippen LogP contribution in [0.25, 0.3) is 0 Å². The van der Waals surface area contributed by atoms with Gasteiger partial charge in [-0.1, -0.05) is 183 Å². The minimum atomic E-state index is -1.13. The van der Waals surface area contributed by atoms with E-state index in [0.29, 0.717) is 12.8 Å². The molecule has 0 saturated heterocycles. The molecule has 0 aromatic rings. The zero-order valence-electron chi connectivity index (χ0n) is 41.2. The molecule has 0 bridgehead atoms. The number of likely N-dealkylation sites (N-methyl/N-ethyl adjacent to an activating group) is 1. The molecule has 0 aliphatic carbocycles. The molecule has 0 fully saturated rings. The molecule has 0 spiro atoms. The van der Waals surface area contributed by atoms with Gasteiger partial charge in [-0.3, -0.25) is 9.59 Å². The molecule has 362 valence electrons. The molecule has 0 aliphatic heterocycles. The van der Waals surface area contributed by atoms with Crippen molar-refractivity contribution in [1.82, 2.24) is 0 Å². The third kappa shape index (κ3) is 43.8. The fourth-order valence-corrected chi connectivity index (χ4v) is 7.22. The van der Waals surface area contributed by atoms with Crippen LogP contribution in [0.15, 0.2) is 72.9 Å². The number of nitrogens with zero attached hydrogens (tertiary/aromatic N) is 1. The summed E-state index contributed by atoms with van der Waals surface area (Å²) in [5, 5.41) is 11.7. The standard InChI is InChI=1S/C55H95NO7/c1-6-8-10-12-14-16-18-20-22-24-25-26-27-28-29-30-32-34-36-38-40-42-44-46-54(58)63-51(49-61-48-47-52(55(59)60)56(3,4)5)50-62-53(57)45-43-41-39-37-35-33-31-23-21-19-17-15-13-11-9-7-2/h8-11,14-17,20-23,51-52H,6-7,12-13,18-19,24-50H2,1-5H3/b10-8+,11-9+,16-14+,17-15+,22-20+,23-21+. The van der Waals surface area contributed by atoms with E-state index < -0.39 is 18.1 Å². The average molecular weight is 882 g/mol. The van der Waals surface area contributed by atoms with Gasteiger partial charge in [-0.15, -0.1) is 0 Å². The summed E-state index contributed by atoms with van der Waals surface area (Å²) in [7, 11) is 5.41. The number of quaternary nitrogens is 1. The molecule has 2 atom stereocenters. The minimum Gasteiger partial charge on any atom is -0.544 e. The van der Waals surface area contributed by atoms with E-state index in [4.69, 9.17) is 14.2 Å². The van der Waals surface area contributed by atoms with Gasteiger partial charge in [-0.05, 0) is 77.0 Å². The van der Waals surface area contributed by atoms with Crippen molar-refractivity contribution in [1.29, 1.82) is 0 Å². The highest BCUT2D eigenvalue weighted by Gasteiger charge is 2.25. The maximum Gasteiger partial charge on any atom is 0.306 e. The fraction of sp³-hybridized carbons (Fsp3) is 0.727. The van der Waals surface area contributed by atoms with Crippen molar-refractivity contribution >= 4 is 17.9 Å². The molecule has 8 heteroatoms. The number of unbranched alkanes of at least 4 members (excludes halogenated alkanes) is 19. The minimum absolute atomic E-state index is 0.0339. The van der Waals surface area contributed by atoms with E-state index in [1.165, 1.54) is 83.5 Å². The number of carboxylic acids is 1. The summed E-state index contributed by atoms with van der Waals surface area (Å²) in [4.78, 5) is 37.0. The normalized spacial score (nSPS) is 13.5. The van der Waals surface area contributed by atoms with Crippen LogP contribution in [-0.2, 0) is 28.6 Å². The Morgan fingerprint density at radius 1 is 0.476 bits per heavy atom. The van der Waals surface area contributed by atoms with Crippen LogP contribution in [0.3, 0.4) is 0 Å². The highest BCUT2D eigenvalue weighted by molar-refractivity contribution is 5.70. The van der Waals surface area contributed by atoms with E-state index in [0.717, 1.165) is 89.9 Å². The van der Waals surface area contributed by atoms with E-state index in [2.05, 4.69) is 86.8 Å². The van der Waals surface area contributed by atoms with Crippen molar-refractivity contribution in [2.24, 2.45) is 0 Å². The molecule has 0 aromatic carbocycles. The Balaban J connectivity index is 4.23. The van der Waals surface area contributed by atoms with Gasteiger partial charge in [0.2, 0.25) is 0 Å². The number of carbonyl (C=O) groups excluding carboxylic acids is 3. The number of esters is 2. The molecule has 0 aliphatic rings. The maximum absolute atomic E-state index is 12.8. The first-order valence-electron chi connectivity index (χ1n) is 25.5. The number of carbonyl (C=O) groups is 3. The van der Waals surface area contributed by atoms with E-state index in [9.17, 15) is 19.5 Å². The van der Waals surface area contributed by atoms with Gasteiger partial charge >= 0.3 is 11.9 Å². The third-order valence-electron chi connectivity index (χ3n) is 11.1. The van der Waals surface area contributed by atoms with Crippen LogP contribution in [0.5, 0.6) is 0 Å². The Labute approximate surface area is 387 Å². The van der Waals surface area contributed by atoms with Crippen LogP contribution in [-0.4, -0.2) is 75.5 Å². The van der Waals surface area contributed by atoms with Gasteiger partial charge in [0, 0.05) is 19.3 Å². The molecule has 8 nitrogen and oxygen atoms in total. The summed E-state index contributed by atoms with van der Waals surface area (Å²) in [5.41, 5.74) is 0. The second-order valence-electron chi connectivity index (χ2n) is 18.0. The molecule has 2 unspecified atom stereocenters. The zero-order chi connectivity index (χ0) is 46.3. The molecule has 63 heavy (non-hydrogen) atoms. The summed E-state index contributed by atoms with van der Waals surface area (Å²) < 4.78 is 17.2. The maximum atomic E-state index is 12.8. The van der Waals surface area contributed by atoms with Gasteiger partial charge in [0.15, 0.2) is 6.10 Å². The van der Waals surface area contributed by atoms with Crippen LogP contribution in [0, 0.1) is 0 Å². The number of hydrogen-bond acceptors (Lipinski definition) is 7. The average Bonchev–Trinajstić information content (AvgIpc) is 3.24. The molecular weight excluding hydrogens is 787 g/mol. The number of aliphatic carboxylic acids is 1. The van der Waals surface area contributed by atoms with Crippen LogP contribution in [0.4, 0.5) is 0 Å². The molecule has 0 aromatic heterocycles. The lowest BCUT2D eigenvalue weighted by Gasteiger charge is -2.34. The molecular formula is C55H95NO7. The van der Waals surface area contributed by atoms with Gasteiger partial charge in [-0.2, -0.15) is 0 Å². The van der Waals surface area contributed by atoms with E-state index in [-0.39, 0.29) is 42.7 Å². The highest BCUT2D eigenvalue weighted by Crippen LogP contribution is 2.15. The van der Waals surface area contributed by atoms with Crippen molar-refractivity contribution in [3.63, 3.8) is 0 Å². The lowest BCUT2D eigenvalue weighted by molar-refractivity contribution is -0.889. The molecule has 0 rings (SSSR count). The molecule has 0 amide bonds. The number of allylic oxidation sites excluding steroid dienone is 12. The number of rotatable bonds is 45. The highest BCUT2D eigenvalue weighted by atomic mass is 16.6. The summed E-state index contributed by atoms with van der Waals surface area (Å²) in [6, 6.07) is -0.731. The van der Waals surface area contributed by atoms with Crippen LogP contribution < -0.4 is 5.11 Å². The van der Waals surface area contributed by atoms with E-state index in [1.54, 1.807) is 21.1 Å². The number of hydrogen-bond donors (Lipinski definition) is 0. The number of carboxylic acid groups (broad SMARTS) is 1. The van der Waals surface area contributed by atoms with Gasteiger partial charge < -0.3 is 28.6 Å². The molecule has 0 radical (unpaired) electrons. The monoisotopic (exact) mass is 882 g/mol. The largest absolute Gasteiger partial charge is 0.544 e. The second kappa shape index (κ2) is 45.3. The summed E-state index contributed by atoms with van der Waals surface area (Å²) in [5.74, 6) is -1.75. The number of ether oxygens (including phenoxy) is 3. The van der Waals surface area contributed by atoms with Crippen LogP contribution >= 0.6 is 0 Å². The van der Waals surface area contributed by atoms with Crippen molar-refractivity contribution in [3.05, 3.63) is 72.9 Å². The zero-order valence-corrected chi connectivity index (χ0v) is 41.2. The lowest BCUT2D eigenvalue weighted by atomic mass is 10.0. The summed E-state index contributed by atoms with van der Waals surface area (Å²) in [6.45, 7) is 4.44. The summed E-state index contributed by atoms with van der Waals surface area (Å²) >= 11 is 0. The van der Waals surface area contributed by atoms with E-state index >= 15 is 0 Å². The first-order chi connectivity index (χ1) is 30.6. The Hall–Kier alpha value is -3.23. The van der Waals surface area contributed by atoms with Crippen molar-refractivity contribution < 1.29 is 38.2 Å². The Morgan fingerprint density at radius 2 is 0.841 bits per heavy atom. The van der Waals surface area contributed by atoms with Gasteiger partial charge in [-0.25, -0.2) is 0 Å². The second-order valence-corrected chi connectivity index (χ2v) is 18.0. The Kier molecular flexibility index (Phi) is 43.0. The SMILES string of the molecule is CC/C=C/C/C=C/C/C=C/CCCCCCCCCCCCCCCC(=O)OC(COCCC(C(=O)[O-])[N+](C)(C)C)COC(=O)CCCCCCCC/C=C/C/C=C/C/C=C/CC. The molecule has 0 saturated carbocycles. The van der Waals surface area contributed by atoms with Crippen molar-refractivity contribution in [2.45, 2.75) is 219 Å². The Morgan fingerprint density at radius 3 is 1.24 bits per heavy atom. The molecule has 0 heterocycles. The van der Waals surface area contributed by atoms with E-state index in [1.807, 2.05) is 0 Å². The smallest absolute Gasteiger partial charge is 0.306 e. The summed E-state index contributed by atoms with van der Waals surface area (Å²) in [6.07, 6.45) is 57.9. The van der Waals surface area contributed by atoms with Crippen LogP contribution in [0.2, 0.25) is 0 Å². The molecule has 0 N–H and O–H groups in total.